The van der Waals surface area contributed by atoms with Crippen LogP contribution in [0.1, 0.15) is 28.9 Å². The van der Waals surface area contributed by atoms with E-state index >= 15 is 0 Å². The fourth-order valence-corrected chi connectivity index (χ4v) is 3.40. The van der Waals surface area contributed by atoms with E-state index in [-0.39, 0.29) is 5.91 Å². The molecule has 0 N–H and O–H groups in total. The third kappa shape index (κ3) is 3.03. The van der Waals surface area contributed by atoms with Crippen molar-refractivity contribution in [3.05, 3.63) is 47.1 Å². The van der Waals surface area contributed by atoms with Crippen molar-refractivity contribution < 1.29 is 9.18 Å². The molecule has 0 spiro atoms. The topological polar surface area (TPSA) is 63.9 Å². The van der Waals surface area contributed by atoms with Gasteiger partial charge in [-0.1, -0.05) is 11.6 Å². The second-order valence-corrected chi connectivity index (χ2v) is 6.83. The lowest BCUT2D eigenvalue weighted by atomic mass is 10.1. The molecule has 0 atom stereocenters. The van der Waals surface area contributed by atoms with Crippen molar-refractivity contribution in [3.63, 3.8) is 0 Å². The molecule has 0 unspecified atom stereocenters. The number of aryl methyl sites for hydroxylation is 1. The molecule has 1 saturated heterocycles. The smallest absolute Gasteiger partial charge is 0.255 e. The number of fused-ring (bicyclic) bond motifs is 1. The van der Waals surface area contributed by atoms with Crippen molar-refractivity contribution in [2.75, 3.05) is 13.1 Å². The average molecular weight is 374 g/mol. The maximum atomic E-state index is 13.3. The number of carbonyl (C=O) groups is 1. The van der Waals surface area contributed by atoms with Crippen LogP contribution in [0.3, 0.4) is 0 Å². The third-order valence-corrected chi connectivity index (χ3v) is 4.84. The number of rotatable bonds is 2. The molecule has 4 rings (SSSR count). The summed E-state index contributed by atoms with van der Waals surface area (Å²) < 4.78 is 15.0. The Morgan fingerprint density at radius 3 is 2.77 bits per heavy atom. The van der Waals surface area contributed by atoms with Crippen LogP contribution in [-0.2, 0) is 0 Å². The van der Waals surface area contributed by atoms with Gasteiger partial charge >= 0.3 is 0 Å². The number of carbonyl (C=O) groups excluding carboxylic acids is 1. The zero-order chi connectivity index (χ0) is 18.3. The number of hydrogen-bond donors (Lipinski definition) is 0. The average Bonchev–Trinajstić information content (AvgIpc) is 2.98. The molecular formula is C18H17ClFN5O. The summed E-state index contributed by atoms with van der Waals surface area (Å²) in [6.45, 7) is 2.70. The van der Waals surface area contributed by atoms with Crippen LogP contribution in [0, 0.1) is 6.92 Å². The normalized spacial score (nSPS) is 15.6. The van der Waals surface area contributed by atoms with E-state index in [0.29, 0.717) is 53.4 Å². The van der Waals surface area contributed by atoms with Gasteiger partial charge in [0.2, 0.25) is 0 Å². The van der Waals surface area contributed by atoms with Gasteiger partial charge in [-0.2, -0.15) is 0 Å². The Balaban J connectivity index is 1.70. The maximum absolute atomic E-state index is 13.3. The SMILES string of the molecule is Cc1cncc(-n2cc(Cl)c3cc(C(=O)N4CCC(F)CC4)cnc32)n1. The Morgan fingerprint density at radius 2 is 2.04 bits per heavy atom. The quantitative estimate of drug-likeness (QED) is 0.691. The standard InChI is InChI=1S/C18H17ClFN5O/c1-11-7-21-9-16(23-11)25-10-15(19)14-6-12(8-22-17(14)25)18(26)24-4-2-13(20)3-5-24/h6-10,13H,2-5H2,1H3. The van der Waals surface area contributed by atoms with Gasteiger partial charge in [0.1, 0.15) is 11.8 Å². The highest BCUT2D eigenvalue weighted by Gasteiger charge is 2.24. The second kappa shape index (κ2) is 6.64. The molecule has 1 amide bonds. The van der Waals surface area contributed by atoms with Gasteiger partial charge in [0.25, 0.3) is 5.91 Å². The highest BCUT2D eigenvalue weighted by Crippen LogP contribution is 2.28. The van der Waals surface area contributed by atoms with Crippen molar-refractivity contribution >= 4 is 28.5 Å². The zero-order valence-corrected chi connectivity index (χ0v) is 14.9. The van der Waals surface area contributed by atoms with E-state index in [2.05, 4.69) is 15.0 Å². The molecule has 8 heteroatoms. The Hall–Kier alpha value is -2.54. The molecule has 1 aliphatic heterocycles. The summed E-state index contributed by atoms with van der Waals surface area (Å²) in [5.41, 5.74) is 1.84. The van der Waals surface area contributed by atoms with E-state index in [4.69, 9.17) is 11.6 Å². The predicted octanol–water partition coefficient (Wildman–Crippen LogP) is 3.35. The molecule has 0 radical (unpaired) electrons. The van der Waals surface area contributed by atoms with Crippen molar-refractivity contribution in [1.29, 1.82) is 0 Å². The number of piperidine rings is 1. The summed E-state index contributed by atoms with van der Waals surface area (Å²) in [6.07, 6.45) is 6.48. The summed E-state index contributed by atoms with van der Waals surface area (Å²) in [5.74, 6) is 0.462. The molecule has 0 aromatic carbocycles. The molecule has 1 aliphatic rings. The first-order valence-corrected chi connectivity index (χ1v) is 8.79. The van der Waals surface area contributed by atoms with Crippen LogP contribution >= 0.6 is 11.6 Å². The minimum Gasteiger partial charge on any atom is -0.338 e. The number of likely N-dealkylation sites (tertiary alicyclic amines) is 1. The van der Waals surface area contributed by atoms with Gasteiger partial charge in [-0.15, -0.1) is 0 Å². The number of halogens is 2. The van der Waals surface area contributed by atoms with Crippen LogP contribution in [0.5, 0.6) is 0 Å². The van der Waals surface area contributed by atoms with Crippen LogP contribution in [-0.4, -0.2) is 49.6 Å². The predicted molar refractivity (Wildman–Crippen MR) is 96.4 cm³/mol. The zero-order valence-electron chi connectivity index (χ0n) is 14.2. The molecule has 3 aromatic rings. The minimum atomic E-state index is -0.821. The third-order valence-electron chi connectivity index (χ3n) is 4.54. The molecule has 4 heterocycles. The number of amides is 1. The largest absolute Gasteiger partial charge is 0.338 e. The van der Waals surface area contributed by atoms with E-state index in [1.54, 1.807) is 34.1 Å². The van der Waals surface area contributed by atoms with Crippen molar-refractivity contribution in [2.45, 2.75) is 25.9 Å². The van der Waals surface area contributed by atoms with Crippen LogP contribution in [0.4, 0.5) is 4.39 Å². The number of pyridine rings is 1. The van der Waals surface area contributed by atoms with Crippen LogP contribution in [0.25, 0.3) is 16.9 Å². The van der Waals surface area contributed by atoms with Gasteiger partial charge in [-0.25, -0.2) is 14.4 Å². The van der Waals surface area contributed by atoms with Crippen molar-refractivity contribution in [1.82, 2.24) is 24.4 Å². The Kier molecular flexibility index (Phi) is 4.32. The molecule has 0 aliphatic carbocycles. The van der Waals surface area contributed by atoms with Gasteiger partial charge in [-0.3, -0.25) is 14.3 Å². The second-order valence-electron chi connectivity index (χ2n) is 6.43. The fraction of sp³-hybridized carbons (Fsp3) is 0.333. The number of nitrogens with zero attached hydrogens (tertiary/aromatic N) is 5. The van der Waals surface area contributed by atoms with Crippen LogP contribution in [0.15, 0.2) is 30.9 Å². The highest BCUT2D eigenvalue weighted by atomic mass is 35.5. The molecule has 1 fully saturated rings. The number of aromatic nitrogens is 4. The lowest BCUT2D eigenvalue weighted by molar-refractivity contribution is 0.0667. The van der Waals surface area contributed by atoms with E-state index in [1.165, 1.54) is 6.20 Å². The first kappa shape index (κ1) is 16.9. The van der Waals surface area contributed by atoms with Crippen molar-refractivity contribution in [2.24, 2.45) is 0 Å². The minimum absolute atomic E-state index is 0.148. The summed E-state index contributed by atoms with van der Waals surface area (Å²) >= 11 is 6.37. The van der Waals surface area contributed by atoms with Gasteiger partial charge < -0.3 is 4.90 Å². The van der Waals surface area contributed by atoms with E-state index in [0.717, 1.165) is 5.69 Å². The molecule has 0 bridgehead atoms. The lowest BCUT2D eigenvalue weighted by Crippen LogP contribution is -2.39. The molecule has 3 aromatic heterocycles. The monoisotopic (exact) mass is 373 g/mol. The first-order chi connectivity index (χ1) is 12.5. The summed E-state index contributed by atoms with van der Waals surface area (Å²) in [5, 5.41) is 1.15. The molecule has 0 saturated carbocycles. The van der Waals surface area contributed by atoms with E-state index in [9.17, 15) is 9.18 Å². The Bertz CT molecular complexity index is 981. The molecule has 6 nitrogen and oxygen atoms in total. The summed E-state index contributed by atoms with van der Waals surface area (Å²) in [4.78, 5) is 27.3. The molecule has 26 heavy (non-hydrogen) atoms. The van der Waals surface area contributed by atoms with Crippen molar-refractivity contribution in [3.8, 4) is 5.82 Å². The Labute approximate surface area is 154 Å². The number of hydrogen-bond acceptors (Lipinski definition) is 4. The maximum Gasteiger partial charge on any atom is 0.255 e. The van der Waals surface area contributed by atoms with Gasteiger partial charge in [0.05, 0.1) is 22.5 Å². The summed E-state index contributed by atoms with van der Waals surface area (Å²) in [6, 6.07) is 1.73. The summed E-state index contributed by atoms with van der Waals surface area (Å²) in [7, 11) is 0. The molecular weight excluding hydrogens is 357 g/mol. The first-order valence-electron chi connectivity index (χ1n) is 8.42. The van der Waals surface area contributed by atoms with E-state index in [1.807, 2.05) is 6.92 Å². The van der Waals surface area contributed by atoms with Gasteiger partial charge in [-0.05, 0) is 25.8 Å². The van der Waals surface area contributed by atoms with Crippen LogP contribution < -0.4 is 0 Å². The fourth-order valence-electron chi connectivity index (χ4n) is 3.16. The Morgan fingerprint density at radius 1 is 1.27 bits per heavy atom. The lowest BCUT2D eigenvalue weighted by Gasteiger charge is -2.28. The highest BCUT2D eigenvalue weighted by molar-refractivity contribution is 6.35. The van der Waals surface area contributed by atoms with Crippen LogP contribution in [0.2, 0.25) is 5.02 Å². The van der Waals surface area contributed by atoms with Gasteiger partial charge in [0, 0.05) is 37.1 Å². The van der Waals surface area contributed by atoms with E-state index < -0.39 is 6.17 Å². The van der Waals surface area contributed by atoms with Gasteiger partial charge in [0.15, 0.2) is 5.82 Å². The molecule has 134 valence electrons. The number of alkyl halides is 1.